The van der Waals surface area contributed by atoms with E-state index < -0.39 is 10.0 Å². The smallest absolute Gasteiger partial charge is 0.264 e. The van der Waals surface area contributed by atoms with Gasteiger partial charge in [-0.2, -0.15) is 0 Å². The van der Waals surface area contributed by atoms with Gasteiger partial charge in [0.15, 0.2) is 11.5 Å². The van der Waals surface area contributed by atoms with E-state index >= 15 is 0 Å². The topological polar surface area (TPSA) is 55.8 Å². The fourth-order valence-corrected chi connectivity index (χ4v) is 3.53. The molecule has 1 aliphatic rings. The second-order valence-electron chi connectivity index (χ2n) is 5.26. The van der Waals surface area contributed by atoms with Gasteiger partial charge in [-0.25, -0.2) is 8.42 Å². The lowest BCUT2D eigenvalue weighted by atomic mass is 10.1. The molecule has 2 aromatic rings. The second kappa shape index (κ2) is 5.21. The van der Waals surface area contributed by atoms with Gasteiger partial charge in [-0.05, 0) is 49.2 Å². The molecule has 0 aliphatic carbocycles. The molecule has 0 radical (unpaired) electrons. The van der Waals surface area contributed by atoms with Crippen molar-refractivity contribution in [1.82, 2.24) is 0 Å². The third kappa shape index (κ3) is 2.39. The van der Waals surface area contributed by atoms with Crippen LogP contribution in [0, 0.1) is 13.8 Å². The summed E-state index contributed by atoms with van der Waals surface area (Å²) in [5.74, 6) is 1.18. The molecule has 0 bridgehead atoms. The molecule has 116 valence electrons. The lowest BCUT2D eigenvalue weighted by Crippen LogP contribution is -2.26. The van der Waals surface area contributed by atoms with Crippen LogP contribution in [0.1, 0.15) is 11.1 Å². The number of rotatable bonds is 3. The first kappa shape index (κ1) is 14.7. The van der Waals surface area contributed by atoms with E-state index in [0.29, 0.717) is 17.2 Å². The monoisotopic (exact) mass is 319 g/mol. The second-order valence-corrected chi connectivity index (χ2v) is 7.23. The normalized spacial score (nSPS) is 13.2. The van der Waals surface area contributed by atoms with E-state index in [1.807, 2.05) is 19.9 Å². The van der Waals surface area contributed by atoms with Gasteiger partial charge in [-0.3, -0.25) is 4.31 Å². The molecule has 5 nitrogen and oxygen atoms in total. The molecule has 6 heteroatoms. The van der Waals surface area contributed by atoms with Crippen LogP contribution in [0.5, 0.6) is 11.5 Å². The molecule has 0 amide bonds. The summed E-state index contributed by atoms with van der Waals surface area (Å²) in [4.78, 5) is 0.274. The Labute approximate surface area is 130 Å². The summed E-state index contributed by atoms with van der Waals surface area (Å²) in [5, 5.41) is 0. The molecule has 0 saturated carbocycles. The van der Waals surface area contributed by atoms with Crippen LogP contribution in [-0.2, 0) is 10.0 Å². The third-order valence-electron chi connectivity index (χ3n) is 3.86. The van der Waals surface area contributed by atoms with Crippen molar-refractivity contribution in [3.8, 4) is 11.5 Å². The molecule has 0 aromatic heterocycles. The molecule has 0 saturated heterocycles. The lowest BCUT2D eigenvalue weighted by Gasteiger charge is -2.20. The summed E-state index contributed by atoms with van der Waals surface area (Å²) in [5.41, 5.74) is 2.53. The first-order valence-electron chi connectivity index (χ1n) is 6.85. The predicted octanol–water partition coefficient (Wildman–Crippen LogP) is 2.86. The van der Waals surface area contributed by atoms with Crippen LogP contribution in [0.3, 0.4) is 0 Å². The van der Waals surface area contributed by atoms with Crippen LogP contribution in [0.15, 0.2) is 41.3 Å². The van der Waals surface area contributed by atoms with E-state index in [9.17, 15) is 8.42 Å². The number of sulfonamides is 1. The standard InChI is InChI=1S/C16H17NO4S/c1-11-4-6-14(8-12(11)2)22(18,19)17(3)13-5-7-15-16(9-13)21-10-20-15/h4-9H,10H2,1-3H3. The number of fused-ring (bicyclic) bond motifs is 1. The first-order chi connectivity index (χ1) is 10.4. The summed E-state index contributed by atoms with van der Waals surface area (Å²) in [6, 6.07) is 10.2. The highest BCUT2D eigenvalue weighted by Gasteiger charge is 2.23. The van der Waals surface area contributed by atoms with Crippen LogP contribution in [-0.4, -0.2) is 22.3 Å². The van der Waals surface area contributed by atoms with E-state index in [4.69, 9.17) is 9.47 Å². The SMILES string of the molecule is Cc1ccc(S(=O)(=O)N(C)c2ccc3c(c2)OCO3)cc1C. The van der Waals surface area contributed by atoms with Gasteiger partial charge in [0, 0.05) is 13.1 Å². The van der Waals surface area contributed by atoms with Gasteiger partial charge in [0.25, 0.3) is 10.0 Å². The molecule has 1 heterocycles. The number of hydrogen-bond donors (Lipinski definition) is 0. The number of nitrogens with zero attached hydrogens (tertiary/aromatic N) is 1. The number of benzene rings is 2. The molecule has 3 rings (SSSR count). The van der Waals surface area contributed by atoms with Gasteiger partial charge >= 0.3 is 0 Å². The molecule has 0 fully saturated rings. The zero-order chi connectivity index (χ0) is 15.9. The molecule has 2 aromatic carbocycles. The van der Waals surface area contributed by atoms with E-state index in [0.717, 1.165) is 11.1 Å². The zero-order valence-electron chi connectivity index (χ0n) is 12.7. The maximum atomic E-state index is 12.8. The maximum Gasteiger partial charge on any atom is 0.264 e. The van der Waals surface area contributed by atoms with Crippen molar-refractivity contribution in [1.29, 1.82) is 0 Å². The van der Waals surface area contributed by atoms with Crippen molar-refractivity contribution in [2.75, 3.05) is 18.1 Å². The van der Waals surface area contributed by atoms with Crippen molar-refractivity contribution in [3.05, 3.63) is 47.5 Å². The summed E-state index contributed by atoms with van der Waals surface area (Å²) in [7, 11) is -2.08. The van der Waals surface area contributed by atoms with Crippen molar-refractivity contribution in [2.45, 2.75) is 18.7 Å². The highest BCUT2D eigenvalue weighted by Crippen LogP contribution is 2.36. The Morgan fingerprint density at radius 1 is 0.955 bits per heavy atom. The minimum Gasteiger partial charge on any atom is -0.454 e. The minimum atomic E-state index is -3.61. The van der Waals surface area contributed by atoms with Gasteiger partial charge in [0.2, 0.25) is 6.79 Å². The number of hydrogen-bond acceptors (Lipinski definition) is 4. The van der Waals surface area contributed by atoms with Crippen molar-refractivity contribution >= 4 is 15.7 Å². The van der Waals surface area contributed by atoms with Crippen LogP contribution >= 0.6 is 0 Å². The number of ether oxygens (including phenoxy) is 2. The molecule has 0 atom stereocenters. The molecular formula is C16H17NO4S. The highest BCUT2D eigenvalue weighted by molar-refractivity contribution is 7.92. The highest BCUT2D eigenvalue weighted by atomic mass is 32.2. The minimum absolute atomic E-state index is 0.159. The summed E-state index contributed by atoms with van der Waals surface area (Å²) in [6.07, 6.45) is 0. The van der Waals surface area contributed by atoms with Gasteiger partial charge in [-0.15, -0.1) is 0 Å². The molecule has 0 spiro atoms. The van der Waals surface area contributed by atoms with E-state index in [1.165, 1.54) is 11.4 Å². The Hall–Kier alpha value is -2.21. The maximum absolute atomic E-state index is 12.8. The average Bonchev–Trinajstić information content (AvgIpc) is 2.96. The Bertz CT molecular complexity index is 830. The van der Waals surface area contributed by atoms with Crippen LogP contribution < -0.4 is 13.8 Å². The predicted molar refractivity (Wildman–Crippen MR) is 84.1 cm³/mol. The summed E-state index contributed by atoms with van der Waals surface area (Å²) < 4.78 is 37.3. The molecule has 0 N–H and O–H groups in total. The van der Waals surface area contributed by atoms with Crippen molar-refractivity contribution in [3.63, 3.8) is 0 Å². The van der Waals surface area contributed by atoms with Gasteiger partial charge in [0.05, 0.1) is 10.6 Å². The fraction of sp³-hybridized carbons (Fsp3) is 0.250. The van der Waals surface area contributed by atoms with E-state index in [2.05, 4.69) is 0 Å². The average molecular weight is 319 g/mol. The fourth-order valence-electron chi connectivity index (χ4n) is 2.25. The first-order valence-corrected chi connectivity index (χ1v) is 8.29. The van der Waals surface area contributed by atoms with Crippen LogP contribution in [0.4, 0.5) is 5.69 Å². The molecule has 1 aliphatic heterocycles. The van der Waals surface area contributed by atoms with Crippen LogP contribution in [0.25, 0.3) is 0 Å². The Morgan fingerprint density at radius 3 is 2.41 bits per heavy atom. The van der Waals surface area contributed by atoms with Crippen molar-refractivity contribution < 1.29 is 17.9 Å². The van der Waals surface area contributed by atoms with E-state index in [-0.39, 0.29) is 11.7 Å². The van der Waals surface area contributed by atoms with Crippen molar-refractivity contribution in [2.24, 2.45) is 0 Å². The van der Waals surface area contributed by atoms with E-state index in [1.54, 1.807) is 30.3 Å². The quantitative estimate of drug-likeness (QED) is 0.873. The van der Waals surface area contributed by atoms with Crippen LogP contribution in [0.2, 0.25) is 0 Å². The zero-order valence-corrected chi connectivity index (χ0v) is 13.5. The summed E-state index contributed by atoms with van der Waals surface area (Å²) in [6.45, 7) is 4.01. The van der Waals surface area contributed by atoms with Gasteiger partial charge < -0.3 is 9.47 Å². The molecule has 22 heavy (non-hydrogen) atoms. The number of aryl methyl sites for hydroxylation is 2. The van der Waals surface area contributed by atoms with Gasteiger partial charge in [0.1, 0.15) is 0 Å². The Morgan fingerprint density at radius 2 is 1.68 bits per heavy atom. The Balaban J connectivity index is 1.99. The summed E-state index contributed by atoms with van der Waals surface area (Å²) >= 11 is 0. The largest absolute Gasteiger partial charge is 0.454 e. The third-order valence-corrected chi connectivity index (χ3v) is 5.64. The molecule has 0 unspecified atom stereocenters. The Kier molecular flexibility index (Phi) is 3.48. The number of anilines is 1. The lowest BCUT2D eigenvalue weighted by molar-refractivity contribution is 0.174. The van der Waals surface area contributed by atoms with Gasteiger partial charge in [-0.1, -0.05) is 6.07 Å². The molecular weight excluding hydrogens is 302 g/mol.